The molecule has 1 aromatic carbocycles. The van der Waals surface area contributed by atoms with Crippen LogP contribution in [0.2, 0.25) is 0 Å². The SMILES string of the molecule is CC(C)C(Oc1ccc(F)cc1F)C(=O)N1CCNC(=O)CC1. The molecule has 2 rings (SSSR count). The Kier molecular flexibility index (Phi) is 5.52. The summed E-state index contributed by atoms with van der Waals surface area (Å²) < 4.78 is 32.2. The van der Waals surface area contributed by atoms with Gasteiger partial charge in [-0.15, -0.1) is 0 Å². The molecule has 1 unspecified atom stereocenters. The van der Waals surface area contributed by atoms with Gasteiger partial charge < -0.3 is 15.0 Å². The maximum Gasteiger partial charge on any atom is 0.263 e. The number of carbonyl (C=O) groups excluding carboxylic acids is 2. The van der Waals surface area contributed by atoms with Crippen molar-refractivity contribution in [1.82, 2.24) is 10.2 Å². The first-order valence-corrected chi connectivity index (χ1v) is 7.55. The molecule has 1 atom stereocenters. The average Bonchev–Trinajstić information content (AvgIpc) is 2.70. The topological polar surface area (TPSA) is 58.6 Å². The van der Waals surface area contributed by atoms with Gasteiger partial charge >= 0.3 is 0 Å². The molecule has 0 bridgehead atoms. The molecule has 1 N–H and O–H groups in total. The number of hydrogen-bond acceptors (Lipinski definition) is 3. The normalized spacial score (nSPS) is 16.7. The van der Waals surface area contributed by atoms with Crippen LogP contribution < -0.4 is 10.1 Å². The molecule has 1 heterocycles. The molecule has 0 spiro atoms. The van der Waals surface area contributed by atoms with Crippen molar-refractivity contribution >= 4 is 11.8 Å². The summed E-state index contributed by atoms with van der Waals surface area (Å²) in [6.07, 6.45) is -0.676. The van der Waals surface area contributed by atoms with Gasteiger partial charge in [-0.1, -0.05) is 13.8 Å². The van der Waals surface area contributed by atoms with Gasteiger partial charge in [0.15, 0.2) is 17.7 Å². The van der Waals surface area contributed by atoms with Crippen LogP contribution in [0.4, 0.5) is 8.78 Å². The van der Waals surface area contributed by atoms with E-state index >= 15 is 0 Å². The molecular formula is C16H20F2N2O3. The van der Waals surface area contributed by atoms with Crippen molar-refractivity contribution in [2.24, 2.45) is 5.92 Å². The second-order valence-electron chi connectivity index (χ2n) is 5.78. The summed E-state index contributed by atoms with van der Waals surface area (Å²) in [6.45, 7) is 4.61. The van der Waals surface area contributed by atoms with Crippen molar-refractivity contribution in [1.29, 1.82) is 0 Å². The van der Waals surface area contributed by atoms with E-state index in [2.05, 4.69) is 5.32 Å². The van der Waals surface area contributed by atoms with Crippen LogP contribution in [0.15, 0.2) is 18.2 Å². The molecule has 0 radical (unpaired) electrons. The number of amides is 2. The van der Waals surface area contributed by atoms with E-state index in [-0.39, 0.29) is 29.9 Å². The monoisotopic (exact) mass is 326 g/mol. The molecule has 23 heavy (non-hydrogen) atoms. The van der Waals surface area contributed by atoms with E-state index in [4.69, 9.17) is 4.74 Å². The first-order valence-electron chi connectivity index (χ1n) is 7.55. The number of benzene rings is 1. The van der Waals surface area contributed by atoms with Gasteiger partial charge in [0.2, 0.25) is 5.91 Å². The number of nitrogens with one attached hydrogen (secondary N) is 1. The third-order valence-electron chi connectivity index (χ3n) is 3.62. The summed E-state index contributed by atoms with van der Waals surface area (Å²) in [4.78, 5) is 25.5. The van der Waals surface area contributed by atoms with Gasteiger partial charge in [-0.05, 0) is 18.1 Å². The number of ether oxygens (including phenoxy) is 1. The second kappa shape index (κ2) is 7.39. The first-order chi connectivity index (χ1) is 10.9. The fourth-order valence-electron chi connectivity index (χ4n) is 2.35. The van der Waals surface area contributed by atoms with E-state index in [0.717, 1.165) is 6.07 Å². The van der Waals surface area contributed by atoms with Crippen molar-refractivity contribution < 1.29 is 23.1 Å². The minimum Gasteiger partial charge on any atom is -0.477 e. The van der Waals surface area contributed by atoms with Crippen molar-refractivity contribution in [3.8, 4) is 5.75 Å². The molecule has 126 valence electrons. The molecule has 2 amide bonds. The highest BCUT2D eigenvalue weighted by molar-refractivity contribution is 5.83. The molecule has 1 aliphatic rings. The molecule has 7 heteroatoms. The minimum absolute atomic E-state index is 0.105. The highest BCUT2D eigenvalue weighted by atomic mass is 19.1. The second-order valence-corrected chi connectivity index (χ2v) is 5.78. The lowest BCUT2D eigenvalue weighted by molar-refractivity contribution is -0.140. The Labute approximate surface area is 133 Å². The zero-order chi connectivity index (χ0) is 17.0. The van der Waals surface area contributed by atoms with Gasteiger partial charge in [0.1, 0.15) is 5.82 Å². The van der Waals surface area contributed by atoms with Crippen LogP contribution in [0.1, 0.15) is 20.3 Å². The molecular weight excluding hydrogens is 306 g/mol. The molecule has 1 fully saturated rings. The van der Waals surface area contributed by atoms with Gasteiger partial charge in [-0.3, -0.25) is 9.59 Å². The van der Waals surface area contributed by atoms with Crippen LogP contribution in [0.3, 0.4) is 0 Å². The van der Waals surface area contributed by atoms with E-state index in [0.29, 0.717) is 25.7 Å². The van der Waals surface area contributed by atoms with Crippen LogP contribution in [0.25, 0.3) is 0 Å². The fourth-order valence-corrected chi connectivity index (χ4v) is 2.35. The number of rotatable bonds is 4. The molecule has 0 saturated carbocycles. The zero-order valence-corrected chi connectivity index (χ0v) is 13.1. The summed E-state index contributed by atoms with van der Waals surface area (Å²) in [5, 5.41) is 2.69. The summed E-state index contributed by atoms with van der Waals surface area (Å²) >= 11 is 0. The highest BCUT2D eigenvalue weighted by Gasteiger charge is 2.30. The molecule has 1 aliphatic heterocycles. The third kappa shape index (κ3) is 4.40. The standard InChI is InChI=1S/C16H20F2N2O3/c1-10(2)15(23-13-4-3-11(17)9-12(13)18)16(22)20-7-5-14(21)19-6-8-20/h3-4,9-10,15H,5-8H2,1-2H3,(H,19,21). The Hall–Kier alpha value is -2.18. The van der Waals surface area contributed by atoms with Crippen molar-refractivity contribution in [2.75, 3.05) is 19.6 Å². The Morgan fingerprint density at radius 2 is 2.04 bits per heavy atom. The molecule has 0 aliphatic carbocycles. The van der Waals surface area contributed by atoms with Crippen molar-refractivity contribution in [3.63, 3.8) is 0 Å². The summed E-state index contributed by atoms with van der Waals surface area (Å²) in [5.41, 5.74) is 0. The summed E-state index contributed by atoms with van der Waals surface area (Å²) in [5.74, 6) is -2.34. The van der Waals surface area contributed by atoms with Gasteiger partial charge in [-0.25, -0.2) is 8.78 Å². The number of carbonyl (C=O) groups is 2. The Morgan fingerprint density at radius 1 is 1.30 bits per heavy atom. The maximum absolute atomic E-state index is 13.8. The molecule has 5 nitrogen and oxygen atoms in total. The fraction of sp³-hybridized carbons (Fsp3) is 0.500. The lowest BCUT2D eigenvalue weighted by atomic mass is 10.1. The van der Waals surface area contributed by atoms with Crippen LogP contribution in [-0.2, 0) is 9.59 Å². The quantitative estimate of drug-likeness (QED) is 0.916. The lowest BCUT2D eigenvalue weighted by Gasteiger charge is -2.28. The van der Waals surface area contributed by atoms with E-state index in [9.17, 15) is 18.4 Å². The van der Waals surface area contributed by atoms with Crippen LogP contribution >= 0.6 is 0 Å². The van der Waals surface area contributed by atoms with Gasteiger partial charge in [0.05, 0.1) is 0 Å². The minimum atomic E-state index is -0.900. The Bertz CT molecular complexity index is 593. The summed E-state index contributed by atoms with van der Waals surface area (Å²) in [6, 6.07) is 2.96. The zero-order valence-electron chi connectivity index (χ0n) is 13.1. The number of nitrogens with zero attached hydrogens (tertiary/aromatic N) is 1. The highest BCUT2D eigenvalue weighted by Crippen LogP contribution is 2.22. The predicted octanol–water partition coefficient (Wildman–Crippen LogP) is 1.72. The Balaban J connectivity index is 2.13. The first kappa shape index (κ1) is 17.2. The van der Waals surface area contributed by atoms with Gasteiger partial charge in [0.25, 0.3) is 5.91 Å². The number of halogens is 2. The average molecular weight is 326 g/mol. The van der Waals surface area contributed by atoms with E-state index in [1.807, 2.05) is 0 Å². The van der Waals surface area contributed by atoms with Crippen LogP contribution in [0, 0.1) is 17.6 Å². The van der Waals surface area contributed by atoms with E-state index in [1.165, 1.54) is 11.0 Å². The molecule has 1 saturated heterocycles. The molecule has 1 aromatic rings. The van der Waals surface area contributed by atoms with Crippen LogP contribution in [-0.4, -0.2) is 42.5 Å². The number of hydrogen-bond donors (Lipinski definition) is 1. The van der Waals surface area contributed by atoms with Crippen molar-refractivity contribution in [2.45, 2.75) is 26.4 Å². The van der Waals surface area contributed by atoms with Crippen molar-refractivity contribution in [3.05, 3.63) is 29.8 Å². The third-order valence-corrected chi connectivity index (χ3v) is 3.62. The smallest absolute Gasteiger partial charge is 0.263 e. The lowest BCUT2D eigenvalue weighted by Crippen LogP contribution is -2.46. The Morgan fingerprint density at radius 3 is 2.70 bits per heavy atom. The predicted molar refractivity (Wildman–Crippen MR) is 79.8 cm³/mol. The van der Waals surface area contributed by atoms with Gasteiger partial charge in [0, 0.05) is 32.1 Å². The van der Waals surface area contributed by atoms with Gasteiger partial charge in [-0.2, -0.15) is 0 Å². The van der Waals surface area contributed by atoms with E-state index in [1.54, 1.807) is 13.8 Å². The van der Waals surface area contributed by atoms with Crippen LogP contribution in [0.5, 0.6) is 5.75 Å². The summed E-state index contributed by atoms with van der Waals surface area (Å²) in [7, 11) is 0. The maximum atomic E-state index is 13.8. The van der Waals surface area contributed by atoms with E-state index < -0.39 is 17.7 Å². The largest absolute Gasteiger partial charge is 0.477 e. The molecule has 0 aromatic heterocycles.